The van der Waals surface area contributed by atoms with Crippen molar-refractivity contribution in [3.05, 3.63) is 17.0 Å². The summed E-state index contributed by atoms with van der Waals surface area (Å²) in [5.74, 6) is 0. The number of rotatable bonds is 3. The van der Waals surface area contributed by atoms with E-state index in [2.05, 4.69) is 0 Å². The monoisotopic (exact) mass is 289 g/mol. The quantitative estimate of drug-likeness (QED) is 0.856. The fraction of sp³-hybridized carbons (Fsp3) is 0.667. The van der Waals surface area contributed by atoms with Gasteiger partial charge < -0.3 is 4.74 Å². The molecular formula is C12H19NO3S2. The van der Waals surface area contributed by atoms with Crippen molar-refractivity contribution in [3.8, 4) is 0 Å². The molecule has 2 atom stereocenters. The summed E-state index contributed by atoms with van der Waals surface area (Å²) in [6.45, 7) is 6.72. The van der Waals surface area contributed by atoms with Crippen molar-refractivity contribution in [3.63, 3.8) is 0 Å². The Morgan fingerprint density at radius 1 is 1.44 bits per heavy atom. The van der Waals surface area contributed by atoms with E-state index in [1.54, 1.807) is 10.4 Å². The van der Waals surface area contributed by atoms with Crippen LogP contribution < -0.4 is 0 Å². The summed E-state index contributed by atoms with van der Waals surface area (Å²) in [5.41, 5.74) is 0. The highest BCUT2D eigenvalue weighted by Crippen LogP contribution is 2.28. The van der Waals surface area contributed by atoms with Gasteiger partial charge in [0.2, 0.25) is 0 Å². The Morgan fingerprint density at radius 3 is 2.78 bits per heavy atom. The van der Waals surface area contributed by atoms with E-state index in [4.69, 9.17) is 4.74 Å². The summed E-state index contributed by atoms with van der Waals surface area (Å²) in [6.07, 6.45) is 0.830. The van der Waals surface area contributed by atoms with Crippen LogP contribution in [0.5, 0.6) is 0 Å². The molecule has 2 rings (SSSR count). The van der Waals surface area contributed by atoms with Crippen LogP contribution in [0.15, 0.2) is 16.3 Å². The smallest absolute Gasteiger partial charge is 0.252 e. The Bertz CT molecular complexity index is 509. The first-order chi connectivity index (χ1) is 8.45. The molecule has 1 aliphatic rings. The van der Waals surface area contributed by atoms with Crippen LogP contribution >= 0.6 is 11.3 Å². The first kappa shape index (κ1) is 14.0. The molecule has 0 aliphatic carbocycles. The Kier molecular flexibility index (Phi) is 4.11. The van der Waals surface area contributed by atoms with Gasteiger partial charge in [-0.2, -0.15) is 4.31 Å². The second-order valence-electron chi connectivity index (χ2n) is 4.64. The highest BCUT2D eigenvalue weighted by Gasteiger charge is 2.34. The Balaban J connectivity index is 2.29. The van der Waals surface area contributed by atoms with E-state index in [1.807, 2.05) is 26.8 Å². The Labute approximate surface area is 113 Å². The predicted molar refractivity (Wildman–Crippen MR) is 72.5 cm³/mol. The van der Waals surface area contributed by atoms with E-state index in [1.165, 1.54) is 11.3 Å². The van der Waals surface area contributed by atoms with Crippen LogP contribution in [0.3, 0.4) is 0 Å². The fourth-order valence-electron chi connectivity index (χ4n) is 2.01. The lowest BCUT2D eigenvalue weighted by atomic mass is 10.2. The third-order valence-electron chi connectivity index (χ3n) is 3.10. The highest BCUT2D eigenvalue weighted by atomic mass is 32.2. The van der Waals surface area contributed by atoms with Crippen LogP contribution in [0.2, 0.25) is 0 Å². The van der Waals surface area contributed by atoms with Crippen molar-refractivity contribution in [1.82, 2.24) is 4.31 Å². The molecule has 1 saturated heterocycles. The summed E-state index contributed by atoms with van der Waals surface area (Å²) >= 11 is 1.37. The molecule has 2 unspecified atom stereocenters. The van der Waals surface area contributed by atoms with Crippen LogP contribution in [0.25, 0.3) is 0 Å². The summed E-state index contributed by atoms with van der Waals surface area (Å²) in [5, 5.41) is 0. The normalized spacial score (nSPS) is 26.4. The number of aryl methyl sites for hydroxylation is 1. The second kappa shape index (κ2) is 5.28. The van der Waals surface area contributed by atoms with Crippen LogP contribution in [0.1, 0.15) is 25.6 Å². The van der Waals surface area contributed by atoms with Crippen LogP contribution in [-0.2, 0) is 21.2 Å². The topological polar surface area (TPSA) is 46.6 Å². The van der Waals surface area contributed by atoms with E-state index in [0.717, 1.165) is 11.3 Å². The highest BCUT2D eigenvalue weighted by molar-refractivity contribution is 7.91. The molecule has 1 aromatic rings. The maximum absolute atomic E-state index is 12.6. The van der Waals surface area contributed by atoms with Gasteiger partial charge >= 0.3 is 0 Å². The maximum Gasteiger partial charge on any atom is 0.252 e. The largest absolute Gasteiger partial charge is 0.375 e. The Hall–Kier alpha value is -0.430. The number of hydrogen-bond donors (Lipinski definition) is 0. The third kappa shape index (κ3) is 2.61. The average molecular weight is 289 g/mol. The van der Waals surface area contributed by atoms with Crippen LogP contribution in [-0.4, -0.2) is 38.0 Å². The molecule has 102 valence electrons. The van der Waals surface area contributed by atoms with Gasteiger partial charge in [-0.25, -0.2) is 8.42 Å². The van der Waals surface area contributed by atoms with E-state index in [9.17, 15) is 8.42 Å². The third-order valence-corrected chi connectivity index (χ3v) is 6.78. The lowest BCUT2D eigenvalue weighted by Gasteiger charge is -2.35. The zero-order valence-corrected chi connectivity index (χ0v) is 12.6. The lowest BCUT2D eigenvalue weighted by Crippen LogP contribution is -2.49. The zero-order chi connectivity index (χ0) is 13.3. The SMILES string of the molecule is CCc1ccc(S(=O)(=O)N2CC(C)OCC2C)s1. The van der Waals surface area contributed by atoms with Crippen molar-refractivity contribution in [1.29, 1.82) is 0 Å². The van der Waals surface area contributed by atoms with Gasteiger partial charge in [0.15, 0.2) is 0 Å². The summed E-state index contributed by atoms with van der Waals surface area (Å²) < 4.78 is 32.6. The van der Waals surface area contributed by atoms with E-state index < -0.39 is 10.0 Å². The van der Waals surface area contributed by atoms with Crippen molar-refractivity contribution in [2.45, 2.75) is 43.5 Å². The standard InChI is InChI=1S/C12H19NO3S2/c1-4-11-5-6-12(17-11)18(14,15)13-7-10(3)16-8-9(13)2/h5-6,9-10H,4,7-8H2,1-3H3. The van der Waals surface area contributed by atoms with E-state index >= 15 is 0 Å². The molecule has 0 aromatic carbocycles. The number of nitrogens with zero attached hydrogens (tertiary/aromatic N) is 1. The van der Waals surface area contributed by atoms with Crippen molar-refractivity contribution < 1.29 is 13.2 Å². The van der Waals surface area contributed by atoms with E-state index in [-0.39, 0.29) is 12.1 Å². The summed E-state index contributed by atoms with van der Waals surface area (Å²) in [4.78, 5) is 1.10. The minimum Gasteiger partial charge on any atom is -0.375 e. The molecule has 0 amide bonds. The van der Waals surface area contributed by atoms with Gasteiger partial charge in [-0.15, -0.1) is 11.3 Å². The maximum atomic E-state index is 12.6. The number of hydrogen-bond acceptors (Lipinski definition) is 4. The molecule has 0 bridgehead atoms. The first-order valence-corrected chi connectivity index (χ1v) is 8.43. The fourth-order valence-corrected chi connectivity index (χ4v) is 5.13. The van der Waals surface area contributed by atoms with Gasteiger partial charge in [0.1, 0.15) is 4.21 Å². The number of ether oxygens (including phenoxy) is 1. The molecule has 0 N–H and O–H groups in total. The summed E-state index contributed by atoms with van der Waals surface area (Å²) in [6, 6.07) is 3.51. The molecule has 1 aliphatic heterocycles. The number of sulfonamides is 1. The van der Waals surface area contributed by atoms with Crippen molar-refractivity contribution in [2.75, 3.05) is 13.2 Å². The lowest BCUT2D eigenvalue weighted by molar-refractivity contribution is -0.0170. The predicted octanol–water partition coefficient (Wildman–Crippen LogP) is 2.11. The molecule has 4 nitrogen and oxygen atoms in total. The molecule has 1 aromatic heterocycles. The van der Waals surface area contributed by atoms with Gasteiger partial charge in [0.25, 0.3) is 10.0 Å². The Morgan fingerprint density at radius 2 is 2.17 bits per heavy atom. The van der Waals surface area contributed by atoms with Gasteiger partial charge in [-0.3, -0.25) is 0 Å². The van der Waals surface area contributed by atoms with Crippen molar-refractivity contribution >= 4 is 21.4 Å². The first-order valence-electron chi connectivity index (χ1n) is 6.17. The van der Waals surface area contributed by atoms with Gasteiger partial charge in [0.05, 0.1) is 12.7 Å². The molecule has 2 heterocycles. The van der Waals surface area contributed by atoms with Crippen LogP contribution in [0, 0.1) is 0 Å². The number of morpholine rings is 1. The average Bonchev–Trinajstić information content (AvgIpc) is 2.81. The zero-order valence-electron chi connectivity index (χ0n) is 10.9. The molecule has 0 radical (unpaired) electrons. The van der Waals surface area contributed by atoms with E-state index in [0.29, 0.717) is 17.4 Å². The second-order valence-corrected chi connectivity index (χ2v) is 7.93. The van der Waals surface area contributed by atoms with Crippen molar-refractivity contribution in [2.24, 2.45) is 0 Å². The van der Waals surface area contributed by atoms with Crippen LogP contribution in [0.4, 0.5) is 0 Å². The molecule has 6 heteroatoms. The molecule has 18 heavy (non-hydrogen) atoms. The minimum atomic E-state index is -3.36. The molecule has 1 fully saturated rings. The molecule has 0 saturated carbocycles. The minimum absolute atomic E-state index is 0.0402. The van der Waals surface area contributed by atoms with Gasteiger partial charge in [-0.1, -0.05) is 6.92 Å². The summed E-state index contributed by atoms with van der Waals surface area (Å²) in [7, 11) is -3.36. The number of thiophene rings is 1. The van der Waals surface area contributed by atoms with Gasteiger partial charge in [0, 0.05) is 17.5 Å². The molecule has 0 spiro atoms. The van der Waals surface area contributed by atoms with Gasteiger partial charge in [-0.05, 0) is 32.4 Å². The molecular weight excluding hydrogens is 270 g/mol.